The monoisotopic (exact) mass is 381 g/mol. The van der Waals surface area contributed by atoms with Crippen molar-refractivity contribution in [3.8, 4) is 0 Å². The fraction of sp³-hybridized carbons (Fsp3) is 0.133. The third kappa shape index (κ3) is 3.45. The van der Waals surface area contributed by atoms with Gasteiger partial charge in [-0.2, -0.15) is 0 Å². The summed E-state index contributed by atoms with van der Waals surface area (Å²) in [5.41, 5.74) is 3.53. The zero-order valence-corrected chi connectivity index (χ0v) is 13.8. The average molecular weight is 383 g/mol. The molecule has 0 aliphatic rings. The fourth-order valence-corrected chi connectivity index (χ4v) is 2.70. The molecule has 0 radical (unpaired) electrons. The quantitative estimate of drug-likeness (QED) is 0.770. The van der Waals surface area contributed by atoms with E-state index in [-0.39, 0.29) is 5.91 Å². The third-order valence-corrected chi connectivity index (χ3v) is 3.97. The number of halogens is 2. The van der Waals surface area contributed by atoms with E-state index in [4.69, 9.17) is 0 Å². The smallest absolute Gasteiger partial charge is 0.255 e. The van der Waals surface area contributed by atoms with Crippen molar-refractivity contribution >= 4 is 43.5 Å². The number of carbonyl (C=O) groups excluding carboxylic acids is 1. The van der Waals surface area contributed by atoms with Gasteiger partial charge in [0.05, 0.1) is 5.69 Å². The Morgan fingerprint density at radius 1 is 1.05 bits per heavy atom. The molecule has 0 heterocycles. The van der Waals surface area contributed by atoms with Gasteiger partial charge in [-0.25, -0.2) is 0 Å². The number of hydrogen-bond donors (Lipinski definition) is 1. The molecule has 2 aromatic carbocycles. The summed E-state index contributed by atoms with van der Waals surface area (Å²) >= 11 is 6.84. The van der Waals surface area contributed by atoms with Crippen LogP contribution < -0.4 is 5.32 Å². The molecule has 0 saturated carbocycles. The molecule has 4 heteroatoms. The summed E-state index contributed by atoms with van der Waals surface area (Å²) < 4.78 is 1.78. The van der Waals surface area contributed by atoms with Crippen molar-refractivity contribution in [3.63, 3.8) is 0 Å². The molecule has 1 N–H and O–H groups in total. The van der Waals surface area contributed by atoms with E-state index in [0.29, 0.717) is 5.56 Å². The van der Waals surface area contributed by atoms with Crippen LogP contribution in [0, 0.1) is 13.8 Å². The van der Waals surface area contributed by atoms with Crippen LogP contribution in [0.1, 0.15) is 21.5 Å². The highest BCUT2D eigenvalue weighted by molar-refractivity contribution is 9.10. The first-order chi connectivity index (χ1) is 8.97. The highest BCUT2D eigenvalue weighted by Crippen LogP contribution is 2.25. The minimum atomic E-state index is -0.108. The van der Waals surface area contributed by atoms with Gasteiger partial charge in [0.2, 0.25) is 0 Å². The van der Waals surface area contributed by atoms with Crippen LogP contribution >= 0.6 is 31.9 Å². The number of amides is 1. The SMILES string of the molecule is Cc1ccc(NC(=O)c2cc(Br)ccc2C)c(Br)c1. The first-order valence-corrected chi connectivity index (χ1v) is 7.39. The summed E-state index contributed by atoms with van der Waals surface area (Å²) in [6.45, 7) is 3.93. The van der Waals surface area contributed by atoms with E-state index in [0.717, 1.165) is 25.8 Å². The molecule has 2 nitrogen and oxygen atoms in total. The van der Waals surface area contributed by atoms with E-state index >= 15 is 0 Å². The van der Waals surface area contributed by atoms with E-state index in [1.165, 1.54) is 0 Å². The van der Waals surface area contributed by atoms with Gasteiger partial charge >= 0.3 is 0 Å². The minimum Gasteiger partial charge on any atom is -0.321 e. The summed E-state index contributed by atoms with van der Waals surface area (Å²) in [4.78, 5) is 12.3. The second-order valence-electron chi connectivity index (χ2n) is 4.40. The van der Waals surface area contributed by atoms with E-state index in [2.05, 4.69) is 37.2 Å². The van der Waals surface area contributed by atoms with Crippen LogP contribution in [0.15, 0.2) is 45.3 Å². The first-order valence-electron chi connectivity index (χ1n) is 5.81. The van der Waals surface area contributed by atoms with Crippen molar-refractivity contribution in [2.24, 2.45) is 0 Å². The molecular weight excluding hydrogens is 370 g/mol. The lowest BCUT2D eigenvalue weighted by Gasteiger charge is -2.10. The van der Waals surface area contributed by atoms with Gasteiger partial charge in [-0.15, -0.1) is 0 Å². The van der Waals surface area contributed by atoms with Crippen molar-refractivity contribution in [2.75, 3.05) is 5.32 Å². The molecule has 0 aliphatic heterocycles. The van der Waals surface area contributed by atoms with Crippen LogP contribution in [0.25, 0.3) is 0 Å². The molecule has 1 amide bonds. The van der Waals surface area contributed by atoms with Gasteiger partial charge in [0, 0.05) is 14.5 Å². The van der Waals surface area contributed by atoms with E-state index < -0.39 is 0 Å². The number of nitrogens with one attached hydrogen (secondary N) is 1. The van der Waals surface area contributed by atoms with Crippen LogP contribution in [0.3, 0.4) is 0 Å². The molecule has 0 atom stereocenters. The Morgan fingerprint density at radius 2 is 1.79 bits per heavy atom. The predicted octanol–water partition coefficient (Wildman–Crippen LogP) is 5.08. The average Bonchev–Trinajstić information content (AvgIpc) is 2.35. The molecule has 0 bridgehead atoms. The Morgan fingerprint density at radius 3 is 2.47 bits per heavy atom. The second-order valence-corrected chi connectivity index (χ2v) is 6.17. The number of anilines is 1. The molecular formula is C15H13Br2NO. The van der Waals surface area contributed by atoms with Crippen molar-refractivity contribution in [2.45, 2.75) is 13.8 Å². The number of benzene rings is 2. The van der Waals surface area contributed by atoms with Crippen molar-refractivity contribution in [1.82, 2.24) is 0 Å². The Hall–Kier alpha value is -1.13. The number of carbonyl (C=O) groups is 1. The molecule has 0 spiro atoms. The molecule has 98 valence electrons. The van der Waals surface area contributed by atoms with Gasteiger partial charge in [0.15, 0.2) is 0 Å². The molecule has 19 heavy (non-hydrogen) atoms. The topological polar surface area (TPSA) is 29.1 Å². The van der Waals surface area contributed by atoms with Crippen LogP contribution in [0.5, 0.6) is 0 Å². The van der Waals surface area contributed by atoms with Gasteiger partial charge in [-0.3, -0.25) is 4.79 Å². The Bertz CT molecular complexity index is 638. The predicted molar refractivity (Wildman–Crippen MR) is 85.7 cm³/mol. The second kappa shape index (κ2) is 5.88. The summed E-state index contributed by atoms with van der Waals surface area (Å²) in [7, 11) is 0. The van der Waals surface area contributed by atoms with Crippen molar-refractivity contribution in [3.05, 3.63) is 62.0 Å². The number of hydrogen-bond acceptors (Lipinski definition) is 1. The number of aryl methyl sites for hydroxylation is 2. The largest absolute Gasteiger partial charge is 0.321 e. The third-order valence-electron chi connectivity index (χ3n) is 2.82. The lowest BCUT2D eigenvalue weighted by molar-refractivity contribution is 0.102. The normalized spacial score (nSPS) is 10.3. The summed E-state index contributed by atoms with van der Waals surface area (Å²) in [6, 6.07) is 11.5. The molecule has 0 aliphatic carbocycles. The van der Waals surface area contributed by atoms with E-state index in [1.807, 2.05) is 50.2 Å². The molecule has 0 fully saturated rings. The van der Waals surface area contributed by atoms with Crippen molar-refractivity contribution in [1.29, 1.82) is 0 Å². The lowest BCUT2D eigenvalue weighted by Crippen LogP contribution is -2.13. The zero-order valence-electron chi connectivity index (χ0n) is 10.6. The van der Waals surface area contributed by atoms with Crippen molar-refractivity contribution < 1.29 is 4.79 Å². The van der Waals surface area contributed by atoms with Gasteiger partial charge in [-0.1, -0.05) is 28.1 Å². The van der Waals surface area contributed by atoms with Gasteiger partial charge in [0.25, 0.3) is 5.91 Å². The number of rotatable bonds is 2. The standard InChI is InChI=1S/C15H13Br2NO/c1-9-3-6-14(13(17)7-9)18-15(19)12-8-11(16)5-4-10(12)2/h3-8H,1-2H3,(H,18,19). The maximum atomic E-state index is 12.3. The molecule has 2 rings (SSSR count). The highest BCUT2D eigenvalue weighted by Gasteiger charge is 2.11. The fourth-order valence-electron chi connectivity index (χ4n) is 1.75. The minimum absolute atomic E-state index is 0.108. The Labute approximate surface area is 129 Å². The van der Waals surface area contributed by atoms with Gasteiger partial charge in [-0.05, 0) is 65.2 Å². The van der Waals surface area contributed by atoms with Gasteiger partial charge < -0.3 is 5.32 Å². The highest BCUT2D eigenvalue weighted by atomic mass is 79.9. The lowest BCUT2D eigenvalue weighted by atomic mass is 10.1. The maximum absolute atomic E-state index is 12.3. The van der Waals surface area contributed by atoms with Crippen LogP contribution in [-0.2, 0) is 0 Å². The van der Waals surface area contributed by atoms with E-state index in [9.17, 15) is 4.79 Å². The van der Waals surface area contributed by atoms with Crippen LogP contribution in [0.4, 0.5) is 5.69 Å². The Kier molecular flexibility index (Phi) is 4.42. The Balaban J connectivity index is 2.28. The van der Waals surface area contributed by atoms with E-state index in [1.54, 1.807) is 0 Å². The first kappa shape index (κ1) is 14.3. The van der Waals surface area contributed by atoms with Gasteiger partial charge in [0.1, 0.15) is 0 Å². The molecule has 0 saturated heterocycles. The van der Waals surface area contributed by atoms with Crippen LogP contribution in [0.2, 0.25) is 0 Å². The van der Waals surface area contributed by atoms with Crippen LogP contribution in [-0.4, -0.2) is 5.91 Å². The summed E-state index contributed by atoms with van der Waals surface area (Å²) in [5, 5.41) is 2.92. The zero-order chi connectivity index (χ0) is 14.0. The maximum Gasteiger partial charge on any atom is 0.255 e. The summed E-state index contributed by atoms with van der Waals surface area (Å²) in [5.74, 6) is -0.108. The molecule has 0 unspecified atom stereocenters. The summed E-state index contributed by atoms with van der Waals surface area (Å²) in [6.07, 6.45) is 0. The molecule has 2 aromatic rings. The molecule has 0 aromatic heterocycles.